The number of aryl methyl sites for hydroxylation is 1. The molecule has 1 fully saturated rings. The quantitative estimate of drug-likeness (QED) is 0.816. The molecular formula is C14H19NO2. The molecule has 0 unspecified atom stereocenters. The van der Waals surface area contributed by atoms with Crippen LogP contribution in [0.4, 0.5) is 0 Å². The average molecular weight is 233 g/mol. The molecule has 2 rings (SSSR count). The molecule has 0 saturated heterocycles. The van der Waals surface area contributed by atoms with Gasteiger partial charge in [-0.25, -0.2) is 0 Å². The highest BCUT2D eigenvalue weighted by molar-refractivity contribution is 6.03. The Morgan fingerprint density at radius 3 is 2.53 bits per heavy atom. The Bertz CT molecular complexity index is 434. The van der Waals surface area contributed by atoms with Gasteiger partial charge in [0.15, 0.2) is 5.78 Å². The van der Waals surface area contributed by atoms with Crippen molar-refractivity contribution >= 4 is 5.78 Å². The fourth-order valence-corrected chi connectivity index (χ4v) is 2.54. The minimum atomic E-state index is -0.638. The highest BCUT2D eigenvalue weighted by atomic mass is 16.5. The van der Waals surface area contributed by atoms with Crippen molar-refractivity contribution < 1.29 is 9.53 Å². The second kappa shape index (κ2) is 4.49. The van der Waals surface area contributed by atoms with Gasteiger partial charge in [-0.05, 0) is 43.5 Å². The van der Waals surface area contributed by atoms with E-state index in [0.717, 1.165) is 37.0 Å². The predicted octanol–water partition coefficient (Wildman–Crippen LogP) is 2.46. The van der Waals surface area contributed by atoms with E-state index in [1.807, 2.05) is 19.1 Å². The van der Waals surface area contributed by atoms with Crippen LogP contribution in [0.5, 0.6) is 5.75 Å². The molecule has 1 aromatic rings. The summed E-state index contributed by atoms with van der Waals surface area (Å²) in [5, 5.41) is 0. The van der Waals surface area contributed by atoms with Gasteiger partial charge >= 0.3 is 0 Å². The third-order valence-electron chi connectivity index (χ3n) is 3.61. The van der Waals surface area contributed by atoms with Crippen molar-refractivity contribution in [3.8, 4) is 5.75 Å². The lowest BCUT2D eigenvalue weighted by molar-refractivity contribution is 0.0892. The van der Waals surface area contributed by atoms with Crippen LogP contribution in [0.25, 0.3) is 0 Å². The molecule has 0 atom stereocenters. The van der Waals surface area contributed by atoms with Gasteiger partial charge in [0, 0.05) is 5.56 Å². The highest BCUT2D eigenvalue weighted by Gasteiger charge is 2.37. The van der Waals surface area contributed by atoms with Crippen LogP contribution >= 0.6 is 0 Å². The third kappa shape index (κ3) is 2.20. The molecule has 0 bridgehead atoms. The smallest absolute Gasteiger partial charge is 0.182 e. The topological polar surface area (TPSA) is 52.3 Å². The maximum absolute atomic E-state index is 12.4. The molecular weight excluding hydrogens is 214 g/mol. The summed E-state index contributed by atoms with van der Waals surface area (Å²) in [5.41, 5.74) is 7.21. The second-order valence-electron chi connectivity index (χ2n) is 4.88. The Morgan fingerprint density at radius 1 is 1.35 bits per heavy atom. The molecule has 0 aliphatic heterocycles. The van der Waals surface area contributed by atoms with Crippen LogP contribution in [0, 0.1) is 6.92 Å². The van der Waals surface area contributed by atoms with E-state index in [-0.39, 0.29) is 5.78 Å². The van der Waals surface area contributed by atoms with Crippen LogP contribution < -0.4 is 10.5 Å². The predicted molar refractivity (Wildman–Crippen MR) is 67.4 cm³/mol. The van der Waals surface area contributed by atoms with Crippen molar-refractivity contribution in [2.45, 2.75) is 38.1 Å². The Labute approximate surface area is 102 Å². The van der Waals surface area contributed by atoms with Gasteiger partial charge in [-0.2, -0.15) is 0 Å². The van der Waals surface area contributed by atoms with Crippen molar-refractivity contribution in [1.29, 1.82) is 0 Å². The molecule has 0 amide bonds. The number of carbonyl (C=O) groups excluding carboxylic acids is 1. The number of Topliss-reactive ketones (excluding diaryl/α,β-unsaturated/α-hetero) is 1. The first-order valence-electron chi connectivity index (χ1n) is 6.05. The lowest BCUT2D eigenvalue weighted by Gasteiger charge is -2.22. The van der Waals surface area contributed by atoms with E-state index in [4.69, 9.17) is 10.5 Å². The van der Waals surface area contributed by atoms with Gasteiger partial charge in [0.2, 0.25) is 0 Å². The zero-order valence-corrected chi connectivity index (χ0v) is 10.5. The van der Waals surface area contributed by atoms with E-state index < -0.39 is 5.54 Å². The maximum Gasteiger partial charge on any atom is 0.182 e. The molecule has 1 saturated carbocycles. The summed E-state index contributed by atoms with van der Waals surface area (Å²) in [7, 11) is 1.63. The van der Waals surface area contributed by atoms with Crippen LogP contribution in [0.1, 0.15) is 41.6 Å². The van der Waals surface area contributed by atoms with Crippen LogP contribution in [-0.2, 0) is 0 Å². The third-order valence-corrected chi connectivity index (χ3v) is 3.61. The zero-order valence-electron chi connectivity index (χ0n) is 10.5. The summed E-state index contributed by atoms with van der Waals surface area (Å²) in [4.78, 5) is 12.4. The lowest BCUT2D eigenvalue weighted by Crippen LogP contribution is -2.45. The van der Waals surface area contributed by atoms with Crippen molar-refractivity contribution in [3.05, 3.63) is 29.3 Å². The Hall–Kier alpha value is -1.35. The molecule has 17 heavy (non-hydrogen) atoms. The van der Waals surface area contributed by atoms with E-state index in [1.165, 1.54) is 0 Å². The van der Waals surface area contributed by atoms with E-state index in [0.29, 0.717) is 5.56 Å². The van der Waals surface area contributed by atoms with Gasteiger partial charge in [-0.3, -0.25) is 4.79 Å². The Balaban J connectivity index is 2.28. The number of hydrogen-bond donors (Lipinski definition) is 1. The summed E-state index contributed by atoms with van der Waals surface area (Å²) in [6, 6.07) is 5.51. The first kappa shape index (κ1) is 12.1. The number of ketones is 1. The number of benzene rings is 1. The number of rotatable bonds is 3. The number of ether oxygens (including phenoxy) is 1. The van der Waals surface area contributed by atoms with Crippen LogP contribution in [0.3, 0.4) is 0 Å². The Morgan fingerprint density at radius 2 is 2.00 bits per heavy atom. The molecule has 0 radical (unpaired) electrons. The van der Waals surface area contributed by atoms with Crippen molar-refractivity contribution in [2.75, 3.05) is 7.11 Å². The monoisotopic (exact) mass is 233 g/mol. The van der Waals surface area contributed by atoms with E-state index in [2.05, 4.69) is 0 Å². The fraction of sp³-hybridized carbons (Fsp3) is 0.500. The molecule has 1 aromatic carbocycles. The minimum absolute atomic E-state index is 0.0701. The summed E-state index contributed by atoms with van der Waals surface area (Å²) in [6.07, 6.45) is 3.71. The van der Waals surface area contributed by atoms with Gasteiger partial charge in [0.25, 0.3) is 0 Å². The summed E-state index contributed by atoms with van der Waals surface area (Å²) in [6.45, 7) is 1.94. The zero-order chi connectivity index (χ0) is 12.5. The van der Waals surface area contributed by atoms with E-state index in [1.54, 1.807) is 13.2 Å². The van der Waals surface area contributed by atoms with E-state index in [9.17, 15) is 4.79 Å². The summed E-state index contributed by atoms with van der Waals surface area (Å²) < 4.78 is 5.19. The molecule has 92 valence electrons. The second-order valence-corrected chi connectivity index (χ2v) is 4.88. The van der Waals surface area contributed by atoms with Crippen molar-refractivity contribution in [1.82, 2.24) is 0 Å². The number of nitrogens with two attached hydrogens (primary N) is 1. The van der Waals surface area contributed by atoms with Gasteiger partial charge in [0.1, 0.15) is 5.75 Å². The average Bonchev–Trinajstić information content (AvgIpc) is 2.76. The first-order valence-corrected chi connectivity index (χ1v) is 6.05. The van der Waals surface area contributed by atoms with Crippen LogP contribution in [-0.4, -0.2) is 18.4 Å². The summed E-state index contributed by atoms with van der Waals surface area (Å²) >= 11 is 0. The van der Waals surface area contributed by atoms with Gasteiger partial charge in [-0.15, -0.1) is 0 Å². The molecule has 0 spiro atoms. The molecule has 2 N–H and O–H groups in total. The standard InChI is InChI=1S/C14H19NO2/c1-10-9-11(5-6-12(10)17-2)13(16)14(15)7-3-4-8-14/h5-6,9H,3-4,7-8,15H2,1-2H3. The normalized spacial score (nSPS) is 18.1. The molecule has 3 nitrogen and oxygen atoms in total. The van der Waals surface area contributed by atoms with E-state index >= 15 is 0 Å². The highest BCUT2D eigenvalue weighted by Crippen LogP contribution is 2.31. The Kier molecular flexibility index (Phi) is 3.20. The fourth-order valence-electron chi connectivity index (χ4n) is 2.54. The molecule has 0 heterocycles. The lowest BCUT2D eigenvalue weighted by atomic mass is 9.88. The molecule has 1 aliphatic rings. The number of hydrogen-bond acceptors (Lipinski definition) is 3. The van der Waals surface area contributed by atoms with Gasteiger partial charge < -0.3 is 10.5 Å². The largest absolute Gasteiger partial charge is 0.496 e. The number of methoxy groups -OCH3 is 1. The molecule has 1 aliphatic carbocycles. The molecule has 0 aromatic heterocycles. The van der Waals surface area contributed by atoms with Gasteiger partial charge in [0.05, 0.1) is 12.6 Å². The minimum Gasteiger partial charge on any atom is -0.496 e. The SMILES string of the molecule is COc1ccc(C(=O)C2(N)CCCC2)cc1C. The van der Waals surface area contributed by atoms with Crippen molar-refractivity contribution in [2.24, 2.45) is 5.73 Å². The summed E-state index contributed by atoms with van der Waals surface area (Å²) in [5.74, 6) is 0.875. The van der Waals surface area contributed by atoms with Crippen LogP contribution in [0.2, 0.25) is 0 Å². The first-order chi connectivity index (χ1) is 8.07. The van der Waals surface area contributed by atoms with Crippen LogP contribution in [0.15, 0.2) is 18.2 Å². The number of carbonyl (C=O) groups is 1. The van der Waals surface area contributed by atoms with Crippen molar-refractivity contribution in [3.63, 3.8) is 0 Å². The molecule has 3 heteroatoms. The van der Waals surface area contributed by atoms with Gasteiger partial charge in [-0.1, -0.05) is 12.8 Å². The maximum atomic E-state index is 12.4.